The summed E-state index contributed by atoms with van der Waals surface area (Å²) < 4.78 is 1.68. The third kappa shape index (κ3) is 2.61. The Kier molecular flexibility index (Phi) is 3.47. The molecule has 3 rings (SSSR count). The van der Waals surface area contributed by atoms with Crippen molar-refractivity contribution in [3.05, 3.63) is 41.7 Å². The summed E-state index contributed by atoms with van der Waals surface area (Å²) >= 11 is 0. The SMILES string of the molecule is CC(C(=O)N1Cc2cnc(C(C)(C)C)nc2C1)n1cccn1. The zero-order chi connectivity index (χ0) is 15.9. The van der Waals surface area contributed by atoms with Crippen molar-refractivity contribution >= 4 is 5.91 Å². The van der Waals surface area contributed by atoms with Crippen LogP contribution in [0.2, 0.25) is 0 Å². The van der Waals surface area contributed by atoms with Crippen molar-refractivity contribution in [2.75, 3.05) is 0 Å². The van der Waals surface area contributed by atoms with Gasteiger partial charge in [0, 0.05) is 36.1 Å². The van der Waals surface area contributed by atoms with Gasteiger partial charge in [0.2, 0.25) is 5.91 Å². The summed E-state index contributed by atoms with van der Waals surface area (Å²) in [6.45, 7) is 9.26. The van der Waals surface area contributed by atoms with Crippen LogP contribution in [0.1, 0.15) is 50.8 Å². The molecule has 0 bridgehead atoms. The van der Waals surface area contributed by atoms with E-state index in [2.05, 4.69) is 35.8 Å². The first-order valence-corrected chi connectivity index (χ1v) is 7.49. The van der Waals surface area contributed by atoms with E-state index in [-0.39, 0.29) is 17.4 Å². The molecule has 0 spiro atoms. The van der Waals surface area contributed by atoms with E-state index in [1.165, 1.54) is 0 Å². The topological polar surface area (TPSA) is 63.9 Å². The van der Waals surface area contributed by atoms with E-state index in [1.807, 2.05) is 30.3 Å². The zero-order valence-electron chi connectivity index (χ0n) is 13.4. The van der Waals surface area contributed by atoms with Crippen LogP contribution in [0.5, 0.6) is 0 Å². The highest BCUT2D eigenvalue weighted by atomic mass is 16.2. The fraction of sp³-hybridized carbons (Fsp3) is 0.500. The van der Waals surface area contributed by atoms with Crippen molar-refractivity contribution in [2.24, 2.45) is 0 Å². The molecule has 2 aromatic rings. The van der Waals surface area contributed by atoms with E-state index in [0.717, 1.165) is 17.1 Å². The van der Waals surface area contributed by atoms with E-state index in [4.69, 9.17) is 0 Å². The maximum Gasteiger partial charge on any atom is 0.247 e. The first-order chi connectivity index (χ1) is 10.4. The van der Waals surface area contributed by atoms with E-state index < -0.39 is 0 Å². The second-order valence-corrected chi connectivity index (χ2v) is 6.77. The van der Waals surface area contributed by atoms with Crippen molar-refractivity contribution in [1.82, 2.24) is 24.6 Å². The lowest BCUT2D eigenvalue weighted by Crippen LogP contribution is -2.32. The Labute approximate surface area is 130 Å². The van der Waals surface area contributed by atoms with Gasteiger partial charge in [0.1, 0.15) is 11.9 Å². The minimum Gasteiger partial charge on any atom is -0.330 e. The van der Waals surface area contributed by atoms with Gasteiger partial charge in [0.05, 0.1) is 12.2 Å². The Morgan fingerprint density at radius 3 is 2.73 bits per heavy atom. The predicted octanol–water partition coefficient (Wildman–Crippen LogP) is 2.07. The fourth-order valence-corrected chi connectivity index (χ4v) is 2.56. The van der Waals surface area contributed by atoms with Gasteiger partial charge in [-0.2, -0.15) is 5.10 Å². The summed E-state index contributed by atoms with van der Waals surface area (Å²) in [6.07, 6.45) is 5.35. The number of aromatic nitrogens is 4. The fourth-order valence-electron chi connectivity index (χ4n) is 2.56. The number of hydrogen-bond acceptors (Lipinski definition) is 4. The van der Waals surface area contributed by atoms with Gasteiger partial charge in [-0.05, 0) is 13.0 Å². The minimum absolute atomic E-state index is 0.0546. The molecule has 3 heterocycles. The van der Waals surface area contributed by atoms with Crippen molar-refractivity contribution in [1.29, 1.82) is 0 Å². The summed E-state index contributed by atoms with van der Waals surface area (Å²) in [6, 6.07) is 1.52. The van der Waals surface area contributed by atoms with Crippen LogP contribution in [-0.2, 0) is 23.3 Å². The molecule has 1 aliphatic rings. The van der Waals surface area contributed by atoms with Crippen molar-refractivity contribution in [3.63, 3.8) is 0 Å². The summed E-state index contributed by atoms with van der Waals surface area (Å²) in [4.78, 5) is 23.5. The van der Waals surface area contributed by atoms with E-state index in [0.29, 0.717) is 13.1 Å². The standard InChI is InChI=1S/C16H21N5O/c1-11(21-7-5-6-18-21)14(22)20-9-12-8-17-15(16(2,3)4)19-13(12)10-20/h5-8,11H,9-10H2,1-4H3. The smallest absolute Gasteiger partial charge is 0.247 e. The summed E-state index contributed by atoms with van der Waals surface area (Å²) in [5.74, 6) is 0.875. The molecule has 6 nitrogen and oxygen atoms in total. The molecule has 1 unspecified atom stereocenters. The highest BCUT2D eigenvalue weighted by Crippen LogP contribution is 2.26. The predicted molar refractivity (Wildman–Crippen MR) is 81.9 cm³/mol. The first-order valence-electron chi connectivity index (χ1n) is 7.49. The first kappa shape index (κ1) is 14.7. The second-order valence-electron chi connectivity index (χ2n) is 6.77. The Balaban J connectivity index is 1.78. The monoisotopic (exact) mass is 299 g/mol. The minimum atomic E-state index is -0.306. The van der Waals surface area contributed by atoms with Crippen LogP contribution in [0.4, 0.5) is 0 Å². The lowest BCUT2D eigenvalue weighted by Gasteiger charge is -2.20. The van der Waals surface area contributed by atoms with Gasteiger partial charge in [-0.15, -0.1) is 0 Å². The van der Waals surface area contributed by atoms with Gasteiger partial charge in [-0.1, -0.05) is 20.8 Å². The van der Waals surface area contributed by atoms with Crippen LogP contribution in [0, 0.1) is 0 Å². The van der Waals surface area contributed by atoms with Crippen LogP contribution >= 0.6 is 0 Å². The molecule has 22 heavy (non-hydrogen) atoms. The van der Waals surface area contributed by atoms with Crippen molar-refractivity contribution in [3.8, 4) is 0 Å². The Hall–Kier alpha value is -2.24. The average molecular weight is 299 g/mol. The third-order valence-electron chi connectivity index (χ3n) is 3.92. The highest BCUT2D eigenvalue weighted by Gasteiger charge is 2.30. The summed E-state index contributed by atoms with van der Waals surface area (Å²) in [5.41, 5.74) is 1.91. The van der Waals surface area contributed by atoms with Gasteiger partial charge in [-0.3, -0.25) is 9.48 Å². The molecule has 0 saturated heterocycles. The van der Waals surface area contributed by atoms with Crippen LogP contribution < -0.4 is 0 Å². The molecule has 1 amide bonds. The maximum absolute atomic E-state index is 12.6. The highest BCUT2D eigenvalue weighted by molar-refractivity contribution is 5.80. The molecule has 0 aromatic carbocycles. The molecule has 1 atom stereocenters. The molecule has 6 heteroatoms. The molecule has 0 aliphatic carbocycles. The normalized spacial score (nSPS) is 15.7. The molecular weight excluding hydrogens is 278 g/mol. The van der Waals surface area contributed by atoms with Gasteiger partial charge in [-0.25, -0.2) is 9.97 Å². The summed E-state index contributed by atoms with van der Waals surface area (Å²) in [7, 11) is 0. The molecule has 1 aliphatic heterocycles. The van der Waals surface area contributed by atoms with Gasteiger partial charge >= 0.3 is 0 Å². The van der Waals surface area contributed by atoms with E-state index >= 15 is 0 Å². The largest absolute Gasteiger partial charge is 0.330 e. The lowest BCUT2D eigenvalue weighted by molar-refractivity contribution is -0.135. The molecule has 2 aromatic heterocycles. The zero-order valence-corrected chi connectivity index (χ0v) is 13.4. The van der Waals surface area contributed by atoms with Gasteiger partial charge < -0.3 is 4.90 Å². The second kappa shape index (κ2) is 5.19. The molecule has 0 fully saturated rings. The van der Waals surface area contributed by atoms with Crippen LogP contribution in [0.15, 0.2) is 24.7 Å². The Bertz CT molecular complexity index is 687. The molecule has 0 saturated carbocycles. The Morgan fingerprint density at radius 1 is 1.32 bits per heavy atom. The molecule has 116 valence electrons. The van der Waals surface area contributed by atoms with Crippen LogP contribution in [0.25, 0.3) is 0 Å². The number of rotatable bonds is 2. The van der Waals surface area contributed by atoms with Crippen LogP contribution in [-0.4, -0.2) is 30.6 Å². The maximum atomic E-state index is 12.6. The van der Waals surface area contributed by atoms with Gasteiger partial charge in [0.25, 0.3) is 0 Å². The average Bonchev–Trinajstić information content (AvgIpc) is 3.12. The number of fused-ring (bicyclic) bond motifs is 1. The quantitative estimate of drug-likeness (QED) is 0.851. The van der Waals surface area contributed by atoms with E-state index in [1.54, 1.807) is 10.9 Å². The number of amides is 1. The number of nitrogens with zero attached hydrogens (tertiary/aromatic N) is 5. The number of carbonyl (C=O) groups is 1. The van der Waals surface area contributed by atoms with Crippen molar-refractivity contribution in [2.45, 2.75) is 52.2 Å². The number of hydrogen-bond donors (Lipinski definition) is 0. The van der Waals surface area contributed by atoms with Gasteiger partial charge in [0.15, 0.2) is 0 Å². The van der Waals surface area contributed by atoms with Crippen molar-refractivity contribution < 1.29 is 4.79 Å². The van der Waals surface area contributed by atoms with Crippen LogP contribution in [0.3, 0.4) is 0 Å². The molecule has 0 radical (unpaired) electrons. The third-order valence-corrected chi connectivity index (χ3v) is 3.92. The summed E-state index contributed by atoms with van der Waals surface area (Å²) in [5, 5.41) is 4.15. The lowest BCUT2D eigenvalue weighted by atomic mass is 9.95. The Morgan fingerprint density at radius 2 is 2.09 bits per heavy atom. The van der Waals surface area contributed by atoms with E-state index in [9.17, 15) is 4.79 Å². The number of carbonyl (C=O) groups excluding carboxylic acids is 1. The molecular formula is C16H21N5O. The molecule has 0 N–H and O–H groups in total.